The quantitative estimate of drug-likeness (QED) is 0.886. The van der Waals surface area contributed by atoms with Gasteiger partial charge in [0.25, 0.3) is 0 Å². The summed E-state index contributed by atoms with van der Waals surface area (Å²) in [6.45, 7) is 2.64. The van der Waals surface area contributed by atoms with Crippen LogP contribution >= 0.6 is 0 Å². The molecule has 0 atom stereocenters. The fraction of sp³-hybridized carbons (Fsp3) is 0.286. The zero-order valence-corrected chi connectivity index (χ0v) is 10.8. The predicted molar refractivity (Wildman–Crippen MR) is 73.7 cm³/mol. The van der Waals surface area contributed by atoms with Crippen LogP contribution in [0.1, 0.15) is 5.56 Å². The standard InChI is InChI=1S/C14H16N4O/c1-19-12-9-16-14(17-10-12)18-7-6-15-8-11-4-2-3-5-13(11)18/h2-5,9-10,15H,6-8H2,1H3. The maximum absolute atomic E-state index is 5.09. The topological polar surface area (TPSA) is 50.3 Å². The molecule has 0 saturated heterocycles. The molecule has 1 aliphatic heterocycles. The number of anilines is 2. The maximum Gasteiger partial charge on any atom is 0.230 e. The molecule has 0 spiro atoms. The molecule has 1 aromatic carbocycles. The van der Waals surface area contributed by atoms with Crippen molar-refractivity contribution in [2.45, 2.75) is 6.54 Å². The number of methoxy groups -OCH3 is 1. The lowest BCUT2D eigenvalue weighted by molar-refractivity contribution is 0.410. The van der Waals surface area contributed by atoms with Crippen molar-refractivity contribution < 1.29 is 4.74 Å². The first-order valence-electron chi connectivity index (χ1n) is 6.30. The second-order valence-corrected chi connectivity index (χ2v) is 4.38. The summed E-state index contributed by atoms with van der Waals surface area (Å²) < 4.78 is 5.09. The van der Waals surface area contributed by atoms with Gasteiger partial charge < -0.3 is 15.0 Å². The van der Waals surface area contributed by atoms with Gasteiger partial charge in [-0.25, -0.2) is 9.97 Å². The Hall–Kier alpha value is -2.14. The van der Waals surface area contributed by atoms with Gasteiger partial charge in [0.1, 0.15) is 0 Å². The molecule has 1 aromatic heterocycles. The average molecular weight is 256 g/mol. The largest absolute Gasteiger partial charge is 0.494 e. The smallest absolute Gasteiger partial charge is 0.230 e. The van der Waals surface area contributed by atoms with Crippen molar-refractivity contribution in [3.63, 3.8) is 0 Å². The van der Waals surface area contributed by atoms with Gasteiger partial charge in [-0.2, -0.15) is 0 Å². The average Bonchev–Trinajstić information content (AvgIpc) is 2.70. The van der Waals surface area contributed by atoms with Gasteiger partial charge in [-0.05, 0) is 11.6 Å². The van der Waals surface area contributed by atoms with Gasteiger partial charge in [0.2, 0.25) is 5.95 Å². The number of hydrogen-bond donors (Lipinski definition) is 1. The lowest BCUT2D eigenvalue weighted by atomic mass is 10.1. The van der Waals surface area contributed by atoms with E-state index < -0.39 is 0 Å². The Bertz CT molecular complexity index is 556. The number of ether oxygens (including phenoxy) is 1. The molecule has 0 radical (unpaired) electrons. The summed E-state index contributed by atoms with van der Waals surface area (Å²) in [5.74, 6) is 1.38. The van der Waals surface area contributed by atoms with E-state index in [1.807, 2.05) is 6.07 Å². The summed E-state index contributed by atoms with van der Waals surface area (Å²) in [5, 5.41) is 3.40. The number of para-hydroxylation sites is 1. The summed E-state index contributed by atoms with van der Waals surface area (Å²) in [4.78, 5) is 10.9. The number of benzene rings is 1. The van der Waals surface area contributed by atoms with Crippen molar-refractivity contribution in [3.05, 3.63) is 42.2 Å². The molecular formula is C14H16N4O. The summed E-state index contributed by atoms with van der Waals surface area (Å²) >= 11 is 0. The molecule has 2 aromatic rings. The second-order valence-electron chi connectivity index (χ2n) is 4.38. The van der Waals surface area contributed by atoms with Crippen LogP contribution in [0.2, 0.25) is 0 Å². The molecule has 0 fully saturated rings. The third-order valence-corrected chi connectivity index (χ3v) is 3.20. The van der Waals surface area contributed by atoms with E-state index in [4.69, 9.17) is 4.74 Å². The van der Waals surface area contributed by atoms with Crippen LogP contribution in [0, 0.1) is 0 Å². The molecule has 3 rings (SSSR count). The zero-order valence-electron chi connectivity index (χ0n) is 10.8. The predicted octanol–water partition coefficient (Wildman–Crippen LogP) is 1.73. The zero-order chi connectivity index (χ0) is 13.1. The number of rotatable bonds is 2. The van der Waals surface area contributed by atoms with Crippen LogP contribution in [0.15, 0.2) is 36.7 Å². The maximum atomic E-state index is 5.09. The Morgan fingerprint density at radius 3 is 2.79 bits per heavy atom. The van der Waals surface area contributed by atoms with Crippen LogP contribution in [0.4, 0.5) is 11.6 Å². The van der Waals surface area contributed by atoms with Crippen LogP contribution in [0.5, 0.6) is 5.75 Å². The lowest BCUT2D eigenvalue weighted by Crippen LogP contribution is -2.25. The van der Waals surface area contributed by atoms with E-state index in [1.165, 1.54) is 5.56 Å². The number of nitrogens with zero attached hydrogens (tertiary/aromatic N) is 3. The van der Waals surface area contributed by atoms with E-state index in [0.29, 0.717) is 11.7 Å². The van der Waals surface area contributed by atoms with E-state index in [-0.39, 0.29) is 0 Å². The van der Waals surface area contributed by atoms with Gasteiger partial charge in [0.05, 0.1) is 19.5 Å². The molecule has 0 amide bonds. The van der Waals surface area contributed by atoms with E-state index in [9.17, 15) is 0 Å². The first kappa shape index (κ1) is 11.9. The third-order valence-electron chi connectivity index (χ3n) is 3.20. The minimum Gasteiger partial charge on any atom is -0.494 e. The van der Waals surface area contributed by atoms with Crippen LogP contribution in [-0.2, 0) is 6.54 Å². The van der Waals surface area contributed by atoms with E-state index in [0.717, 1.165) is 25.3 Å². The van der Waals surface area contributed by atoms with Gasteiger partial charge in [-0.15, -0.1) is 0 Å². The van der Waals surface area contributed by atoms with Gasteiger partial charge in [0, 0.05) is 25.3 Å². The Balaban J connectivity index is 1.99. The molecule has 2 heterocycles. The van der Waals surface area contributed by atoms with Crippen molar-refractivity contribution in [3.8, 4) is 5.75 Å². The Morgan fingerprint density at radius 2 is 2.00 bits per heavy atom. The molecule has 0 bridgehead atoms. The van der Waals surface area contributed by atoms with E-state index in [1.54, 1.807) is 19.5 Å². The van der Waals surface area contributed by atoms with Crippen LogP contribution in [0.25, 0.3) is 0 Å². The normalized spacial score (nSPS) is 14.7. The highest BCUT2D eigenvalue weighted by molar-refractivity contribution is 5.62. The van der Waals surface area contributed by atoms with Crippen LogP contribution in [-0.4, -0.2) is 30.2 Å². The van der Waals surface area contributed by atoms with Crippen LogP contribution < -0.4 is 15.0 Å². The monoisotopic (exact) mass is 256 g/mol. The lowest BCUT2D eigenvalue weighted by Gasteiger charge is -2.22. The van der Waals surface area contributed by atoms with E-state index >= 15 is 0 Å². The number of nitrogens with one attached hydrogen (secondary N) is 1. The van der Waals surface area contributed by atoms with Crippen molar-refractivity contribution >= 4 is 11.6 Å². The fourth-order valence-electron chi connectivity index (χ4n) is 2.22. The number of aromatic nitrogens is 2. The second kappa shape index (κ2) is 5.24. The number of hydrogen-bond acceptors (Lipinski definition) is 5. The first-order valence-corrected chi connectivity index (χ1v) is 6.30. The molecule has 0 saturated carbocycles. The summed E-state index contributed by atoms with van der Waals surface area (Å²) in [6.07, 6.45) is 3.40. The Labute approximate surface area is 112 Å². The molecule has 98 valence electrons. The van der Waals surface area contributed by atoms with Crippen LogP contribution in [0.3, 0.4) is 0 Å². The Kier molecular flexibility index (Phi) is 3.29. The Morgan fingerprint density at radius 1 is 1.21 bits per heavy atom. The van der Waals surface area contributed by atoms with Gasteiger partial charge in [-0.3, -0.25) is 0 Å². The molecule has 1 N–H and O–H groups in total. The SMILES string of the molecule is COc1cnc(N2CCNCc3ccccc32)nc1. The summed E-state index contributed by atoms with van der Waals surface area (Å²) in [5.41, 5.74) is 2.43. The minimum atomic E-state index is 0.671. The summed E-state index contributed by atoms with van der Waals surface area (Å²) in [6, 6.07) is 8.33. The highest BCUT2D eigenvalue weighted by Crippen LogP contribution is 2.27. The molecule has 5 nitrogen and oxygen atoms in total. The molecular weight excluding hydrogens is 240 g/mol. The molecule has 19 heavy (non-hydrogen) atoms. The molecule has 1 aliphatic rings. The first-order chi connectivity index (χ1) is 9.38. The third kappa shape index (κ3) is 2.37. The van der Waals surface area contributed by atoms with Crippen molar-refractivity contribution in [2.75, 3.05) is 25.1 Å². The van der Waals surface area contributed by atoms with Crippen molar-refractivity contribution in [1.29, 1.82) is 0 Å². The summed E-state index contributed by atoms with van der Waals surface area (Å²) in [7, 11) is 1.61. The highest BCUT2D eigenvalue weighted by atomic mass is 16.5. The fourth-order valence-corrected chi connectivity index (χ4v) is 2.22. The van der Waals surface area contributed by atoms with Crippen molar-refractivity contribution in [1.82, 2.24) is 15.3 Å². The van der Waals surface area contributed by atoms with Gasteiger partial charge in [-0.1, -0.05) is 18.2 Å². The number of fused-ring (bicyclic) bond motifs is 1. The highest BCUT2D eigenvalue weighted by Gasteiger charge is 2.17. The van der Waals surface area contributed by atoms with E-state index in [2.05, 4.69) is 38.4 Å². The molecule has 0 unspecified atom stereocenters. The molecule has 0 aliphatic carbocycles. The molecule has 5 heteroatoms. The van der Waals surface area contributed by atoms with Gasteiger partial charge in [0.15, 0.2) is 5.75 Å². The van der Waals surface area contributed by atoms with Gasteiger partial charge >= 0.3 is 0 Å². The minimum absolute atomic E-state index is 0.671. The van der Waals surface area contributed by atoms with Crippen molar-refractivity contribution in [2.24, 2.45) is 0 Å².